The third-order valence-electron chi connectivity index (χ3n) is 3.23. The fraction of sp³-hybridized carbons (Fsp3) is 0.562. The third kappa shape index (κ3) is 4.72. The second-order valence-electron chi connectivity index (χ2n) is 5.58. The number of ether oxygens (including phenoxy) is 1. The molecule has 0 atom stereocenters. The maximum absolute atomic E-state index is 12.1. The summed E-state index contributed by atoms with van der Waals surface area (Å²) in [6.45, 7) is 8.95. The average molecular weight is 308 g/mol. The fourth-order valence-electron chi connectivity index (χ4n) is 2.35. The average Bonchev–Trinajstić information content (AvgIpc) is 2.69. The van der Waals surface area contributed by atoms with Gasteiger partial charge in [0.1, 0.15) is 5.69 Å². The van der Waals surface area contributed by atoms with Gasteiger partial charge in [0, 0.05) is 24.2 Å². The van der Waals surface area contributed by atoms with Gasteiger partial charge >= 0.3 is 5.97 Å². The molecule has 1 aromatic rings. The van der Waals surface area contributed by atoms with E-state index in [2.05, 4.69) is 10.3 Å². The minimum Gasteiger partial charge on any atom is -0.463 e. The van der Waals surface area contributed by atoms with Crippen LogP contribution in [0.1, 0.15) is 65.7 Å². The van der Waals surface area contributed by atoms with E-state index >= 15 is 0 Å². The number of rotatable bonds is 7. The molecule has 122 valence electrons. The molecule has 22 heavy (non-hydrogen) atoms. The molecule has 0 aliphatic carbocycles. The van der Waals surface area contributed by atoms with E-state index in [1.54, 1.807) is 27.7 Å². The molecular weight excluding hydrogens is 284 g/mol. The summed E-state index contributed by atoms with van der Waals surface area (Å²) >= 11 is 0. The van der Waals surface area contributed by atoms with Crippen molar-refractivity contribution in [3.8, 4) is 0 Å². The lowest BCUT2D eigenvalue weighted by atomic mass is 10.1. The van der Waals surface area contributed by atoms with Crippen LogP contribution in [0.15, 0.2) is 0 Å². The Kier molecular flexibility index (Phi) is 6.34. The highest BCUT2D eigenvalue weighted by Crippen LogP contribution is 2.18. The predicted octanol–water partition coefficient (Wildman–Crippen LogP) is 2.30. The molecule has 0 radical (unpaired) electrons. The molecule has 1 rings (SSSR count). The van der Waals surface area contributed by atoms with Gasteiger partial charge in [0.05, 0.1) is 6.10 Å². The van der Waals surface area contributed by atoms with Gasteiger partial charge in [-0.2, -0.15) is 0 Å². The normalized spacial score (nSPS) is 10.6. The number of carbonyl (C=O) groups excluding carboxylic acids is 3. The number of aryl methyl sites for hydroxylation is 1. The van der Waals surface area contributed by atoms with Crippen LogP contribution in [0.2, 0.25) is 0 Å². The van der Waals surface area contributed by atoms with Crippen molar-refractivity contribution in [3.05, 3.63) is 22.5 Å². The number of esters is 1. The molecule has 0 fully saturated rings. The Morgan fingerprint density at radius 3 is 2.36 bits per heavy atom. The lowest BCUT2D eigenvalue weighted by Crippen LogP contribution is -2.26. The van der Waals surface area contributed by atoms with Crippen LogP contribution in [0.3, 0.4) is 0 Å². The quantitative estimate of drug-likeness (QED) is 0.459. The Balaban J connectivity index is 2.52. The minimum atomic E-state index is -0.273. The Labute approximate surface area is 130 Å². The summed E-state index contributed by atoms with van der Waals surface area (Å²) in [5.41, 5.74) is 2.30. The Bertz CT molecular complexity index is 573. The zero-order valence-corrected chi connectivity index (χ0v) is 13.8. The number of aromatic nitrogens is 1. The first-order valence-corrected chi connectivity index (χ1v) is 7.41. The molecule has 0 aliphatic rings. The first-order chi connectivity index (χ1) is 10.2. The van der Waals surface area contributed by atoms with Gasteiger partial charge in [-0.25, -0.2) is 0 Å². The summed E-state index contributed by atoms with van der Waals surface area (Å²) in [4.78, 5) is 38.0. The van der Waals surface area contributed by atoms with E-state index < -0.39 is 0 Å². The molecule has 1 heterocycles. The van der Waals surface area contributed by atoms with Gasteiger partial charge in [0.15, 0.2) is 5.78 Å². The molecule has 0 spiro atoms. The highest BCUT2D eigenvalue weighted by atomic mass is 16.5. The summed E-state index contributed by atoms with van der Waals surface area (Å²) in [5, 5.41) is 2.74. The lowest BCUT2D eigenvalue weighted by molar-refractivity contribution is -0.147. The number of Topliss-reactive ketones (excluding diaryl/α,β-unsaturated/α-hetero) is 1. The van der Waals surface area contributed by atoms with Crippen LogP contribution in [-0.2, 0) is 9.53 Å². The molecule has 0 bridgehead atoms. The highest BCUT2D eigenvalue weighted by Gasteiger charge is 2.19. The Hall–Kier alpha value is -2.11. The number of hydrogen-bond acceptors (Lipinski definition) is 4. The maximum atomic E-state index is 12.1. The van der Waals surface area contributed by atoms with Gasteiger partial charge in [-0.05, 0) is 46.6 Å². The SMILES string of the molecule is CC(=O)c1c(C)[nH]c(C(=O)NCCCC(=O)OC(C)C)c1C. The minimum absolute atomic E-state index is 0.0678. The van der Waals surface area contributed by atoms with E-state index in [0.29, 0.717) is 35.5 Å². The van der Waals surface area contributed by atoms with Gasteiger partial charge < -0.3 is 15.0 Å². The first-order valence-electron chi connectivity index (χ1n) is 7.41. The van der Waals surface area contributed by atoms with Crippen molar-refractivity contribution in [2.45, 2.75) is 53.6 Å². The van der Waals surface area contributed by atoms with E-state index in [0.717, 1.165) is 0 Å². The van der Waals surface area contributed by atoms with E-state index in [4.69, 9.17) is 4.74 Å². The Morgan fingerprint density at radius 1 is 1.23 bits per heavy atom. The molecule has 0 aromatic carbocycles. The van der Waals surface area contributed by atoms with E-state index in [9.17, 15) is 14.4 Å². The number of aromatic amines is 1. The van der Waals surface area contributed by atoms with Crippen molar-refractivity contribution in [1.82, 2.24) is 10.3 Å². The van der Waals surface area contributed by atoms with Crippen molar-refractivity contribution < 1.29 is 19.1 Å². The van der Waals surface area contributed by atoms with Crippen LogP contribution in [0.5, 0.6) is 0 Å². The van der Waals surface area contributed by atoms with Crippen LogP contribution in [0.4, 0.5) is 0 Å². The number of ketones is 1. The van der Waals surface area contributed by atoms with Crippen LogP contribution < -0.4 is 5.32 Å². The summed E-state index contributed by atoms with van der Waals surface area (Å²) in [5.74, 6) is -0.609. The van der Waals surface area contributed by atoms with Gasteiger partial charge in [-0.3, -0.25) is 14.4 Å². The highest BCUT2D eigenvalue weighted by molar-refractivity contribution is 6.02. The monoisotopic (exact) mass is 308 g/mol. The number of amides is 1. The van der Waals surface area contributed by atoms with Crippen molar-refractivity contribution in [2.24, 2.45) is 0 Å². The van der Waals surface area contributed by atoms with Crippen LogP contribution in [0, 0.1) is 13.8 Å². The summed E-state index contributed by atoms with van der Waals surface area (Å²) < 4.78 is 5.01. The largest absolute Gasteiger partial charge is 0.463 e. The predicted molar refractivity (Wildman–Crippen MR) is 83.1 cm³/mol. The van der Waals surface area contributed by atoms with Gasteiger partial charge in [-0.1, -0.05) is 0 Å². The maximum Gasteiger partial charge on any atom is 0.306 e. The molecule has 0 aliphatic heterocycles. The van der Waals surface area contributed by atoms with Crippen molar-refractivity contribution in [1.29, 1.82) is 0 Å². The molecule has 0 saturated heterocycles. The molecule has 1 amide bonds. The second kappa shape index (κ2) is 7.77. The van der Waals surface area contributed by atoms with Gasteiger partial charge in [-0.15, -0.1) is 0 Å². The van der Waals surface area contributed by atoms with Crippen LogP contribution in [-0.4, -0.2) is 35.3 Å². The second-order valence-corrected chi connectivity index (χ2v) is 5.58. The van der Waals surface area contributed by atoms with Crippen LogP contribution in [0.25, 0.3) is 0 Å². The van der Waals surface area contributed by atoms with Crippen molar-refractivity contribution in [2.75, 3.05) is 6.54 Å². The summed E-state index contributed by atoms with van der Waals surface area (Å²) in [6.07, 6.45) is 0.645. The van der Waals surface area contributed by atoms with E-state index in [1.807, 2.05) is 0 Å². The molecule has 1 aromatic heterocycles. The number of hydrogen-bond donors (Lipinski definition) is 2. The summed E-state index contributed by atoms with van der Waals surface area (Å²) in [6, 6.07) is 0. The molecule has 2 N–H and O–H groups in total. The number of nitrogens with one attached hydrogen (secondary N) is 2. The third-order valence-corrected chi connectivity index (χ3v) is 3.23. The van der Waals surface area contributed by atoms with Crippen LogP contribution >= 0.6 is 0 Å². The topological polar surface area (TPSA) is 88.3 Å². The fourth-order valence-corrected chi connectivity index (χ4v) is 2.35. The first kappa shape index (κ1) is 17.9. The molecular formula is C16H24N2O4. The Morgan fingerprint density at radius 2 is 1.86 bits per heavy atom. The number of carbonyl (C=O) groups is 3. The molecule has 0 saturated carbocycles. The molecule has 6 nitrogen and oxygen atoms in total. The van der Waals surface area contributed by atoms with Crippen molar-refractivity contribution in [3.63, 3.8) is 0 Å². The van der Waals surface area contributed by atoms with Gasteiger partial charge in [0.2, 0.25) is 0 Å². The zero-order chi connectivity index (χ0) is 16.9. The summed E-state index contributed by atoms with van der Waals surface area (Å²) in [7, 11) is 0. The lowest BCUT2D eigenvalue weighted by Gasteiger charge is -2.08. The smallest absolute Gasteiger partial charge is 0.306 e. The van der Waals surface area contributed by atoms with Crippen molar-refractivity contribution >= 4 is 17.7 Å². The standard InChI is InChI=1S/C16H24N2O4/c1-9(2)22-13(20)7-6-8-17-16(21)15-10(3)14(12(5)19)11(4)18-15/h9,18H,6-8H2,1-5H3,(H,17,21). The molecule has 6 heteroatoms. The van der Waals surface area contributed by atoms with E-state index in [-0.39, 0.29) is 30.2 Å². The van der Waals surface area contributed by atoms with Gasteiger partial charge in [0.25, 0.3) is 5.91 Å². The molecule has 0 unspecified atom stereocenters. The van der Waals surface area contributed by atoms with E-state index in [1.165, 1.54) is 6.92 Å². The number of H-pyrrole nitrogens is 1. The zero-order valence-electron chi connectivity index (χ0n) is 13.8.